The molecule has 0 spiro atoms. The molecule has 86 valence electrons. The summed E-state index contributed by atoms with van der Waals surface area (Å²) in [6.07, 6.45) is 0.164. The standard InChI is InChI=1S/C11H14N2O3/c1-16-10(14)6-7-13-11(15)8-2-4-9(12)5-3-8/h2-5H,6-7,12H2,1H3,(H,13,15). The van der Waals surface area contributed by atoms with E-state index in [0.717, 1.165) is 0 Å². The van der Waals surface area contributed by atoms with Gasteiger partial charge >= 0.3 is 5.97 Å². The minimum Gasteiger partial charge on any atom is -0.469 e. The molecule has 5 heteroatoms. The molecule has 0 saturated heterocycles. The molecule has 0 heterocycles. The molecule has 0 atom stereocenters. The second kappa shape index (κ2) is 5.75. The molecule has 0 aliphatic carbocycles. The summed E-state index contributed by atoms with van der Waals surface area (Å²) >= 11 is 0. The van der Waals surface area contributed by atoms with Crippen molar-refractivity contribution in [2.24, 2.45) is 0 Å². The van der Waals surface area contributed by atoms with Gasteiger partial charge in [0.05, 0.1) is 13.5 Å². The highest BCUT2D eigenvalue weighted by Crippen LogP contribution is 2.04. The van der Waals surface area contributed by atoms with E-state index < -0.39 is 0 Å². The van der Waals surface area contributed by atoms with E-state index in [0.29, 0.717) is 11.3 Å². The Hall–Kier alpha value is -2.04. The van der Waals surface area contributed by atoms with Gasteiger partial charge < -0.3 is 15.8 Å². The van der Waals surface area contributed by atoms with E-state index in [9.17, 15) is 9.59 Å². The Morgan fingerprint density at radius 1 is 1.31 bits per heavy atom. The first-order valence-corrected chi connectivity index (χ1v) is 4.84. The maximum atomic E-state index is 11.5. The maximum absolute atomic E-state index is 11.5. The number of nitrogens with one attached hydrogen (secondary N) is 1. The van der Waals surface area contributed by atoms with Crippen molar-refractivity contribution in [1.29, 1.82) is 0 Å². The number of carbonyl (C=O) groups excluding carboxylic acids is 2. The van der Waals surface area contributed by atoms with E-state index >= 15 is 0 Å². The second-order valence-electron chi connectivity index (χ2n) is 3.20. The van der Waals surface area contributed by atoms with Crippen LogP contribution in [-0.2, 0) is 9.53 Å². The number of amides is 1. The zero-order chi connectivity index (χ0) is 12.0. The lowest BCUT2D eigenvalue weighted by Crippen LogP contribution is -2.26. The summed E-state index contributed by atoms with van der Waals surface area (Å²) in [4.78, 5) is 22.3. The fraction of sp³-hybridized carbons (Fsp3) is 0.273. The lowest BCUT2D eigenvalue weighted by Gasteiger charge is -2.04. The van der Waals surface area contributed by atoms with Gasteiger partial charge in [-0.15, -0.1) is 0 Å². The summed E-state index contributed by atoms with van der Waals surface area (Å²) in [5, 5.41) is 2.60. The highest BCUT2D eigenvalue weighted by Gasteiger charge is 2.05. The molecule has 0 aliphatic rings. The number of carbonyl (C=O) groups is 2. The molecule has 0 fully saturated rings. The molecule has 16 heavy (non-hydrogen) atoms. The van der Waals surface area contributed by atoms with Gasteiger partial charge in [0.2, 0.25) is 0 Å². The number of nitrogens with two attached hydrogens (primary N) is 1. The van der Waals surface area contributed by atoms with Crippen LogP contribution in [0.4, 0.5) is 5.69 Å². The van der Waals surface area contributed by atoms with Gasteiger partial charge in [-0.05, 0) is 24.3 Å². The minimum absolute atomic E-state index is 0.164. The smallest absolute Gasteiger partial charge is 0.307 e. The van der Waals surface area contributed by atoms with E-state index in [1.807, 2.05) is 0 Å². The first-order valence-electron chi connectivity index (χ1n) is 4.84. The molecule has 3 N–H and O–H groups in total. The minimum atomic E-state index is -0.349. The molecule has 0 radical (unpaired) electrons. The molecule has 1 aromatic carbocycles. The van der Waals surface area contributed by atoms with Crippen molar-refractivity contribution in [3.8, 4) is 0 Å². The fourth-order valence-electron chi connectivity index (χ4n) is 1.12. The molecule has 1 aromatic rings. The largest absolute Gasteiger partial charge is 0.469 e. The summed E-state index contributed by atoms with van der Waals surface area (Å²) in [6.45, 7) is 0.260. The van der Waals surface area contributed by atoms with Gasteiger partial charge in [-0.25, -0.2) is 0 Å². The summed E-state index contributed by atoms with van der Waals surface area (Å²) < 4.78 is 4.45. The average molecular weight is 222 g/mol. The van der Waals surface area contributed by atoms with Crippen LogP contribution < -0.4 is 11.1 Å². The Bertz CT molecular complexity index is 373. The van der Waals surface area contributed by atoms with E-state index in [1.54, 1.807) is 24.3 Å². The molecule has 5 nitrogen and oxygen atoms in total. The van der Waals surface area contributed by atoms with E-state index in [2.05, 4.69) is 10.1 Å². The van der Waals surface area contributed by atoms with E-state index in [4.69, 9.17) is 5.73 Å². The number of ether oxygens (including phenoxy) is 1. The van der Waals surface area contributed by atoms with Crippen molar-refractivity contribution < 1.29 is 14.3 Å². The molecule has 0 unspecified atom stereocenters. The highest BCUT2D eigenvalue weighted by atomic mass is 16.5. The highest BCUT2D eigenvalue weighted by molar-refractivity contribution is 5.94. The summed E-state index contributed by atoms with van der Waals surface area (Å²) in [5.74, 6) is -0.582. The zero-order valence-corrected chi connectivity index (χ0v) is 9.03. The van der Waals surface area contributed by atoms with Crippen LogP contribution >= 0.6 is 0 Å². The van der Waals surface area contributed by atoms with Gasteiger partial charge in [-0.2, -0.15) is 0 Å². The van der Waals surface area contributed by atoms with Crippen molar-refractivity contribution in [3.05, 3.63) is 29.8 Å². The first-order chi connectivity index (χ1) is 7.63. The lowest BCUT2D eigenvalue weighted by atomic mass is 10.2. The Balaban J connectivity index is 2.41. The van der Waals surface area contributed by atoms with Crippen LogP contribution in [0.1, 0.15) is 16.8 Å². The Kier molecular flexibility index (Phi) is 4.32. The summed E-state index contributed by atoms with van der Waals surface area (Å²) in [5.41, 5.74) is 6.61. The molecule has 0 bridgehead atoms. The number of methoxy groups -OCH3 is 1. The third-order valence-corrected chi connectivity index (χ3v) is 2.02. The fourth-order valence-corrected chi connectivity index (χ4v) is 1.12. The van der Waals surface area contributed by atoms with Crippen LogP contribution in [-0.4, -0.2) is 25.5 Å². The molecular formula is C11H14N2O3. The van der Waals surface area contributed by atoms with Crippen molar-refractivity contribution in [2.45, 2.75) is 6.42 Å². The molecular weight excluding hydrogens is 208 g/mol. The molecule has 1 rings (SSSR count). The molecule has 0 saturated carbocycles. The third-order valence-electron chi connectivity index (χ3n) is 2.02. The van der Waals surface area contributed by atoms with Crippen LogP contribution in [0, 0.1) is 0 Å². The average Bonchev–Trinajstić information content (AvgIpc) is 2.29. The quantitative estimate of drug-likeness (QED) is 0.576. The monoisotopic (exact) mass is 222 g/mol. The number of nitrogen functional groups attached to an aromatic ring is 1. The van der Waals surface area contributed by atoms with Gasteiger partial charge in [0.25, 0.3) is 5.91 Å². The van der Waals surface area contributed by atoms with Crippen LogP contribution in [0.5, 0.6) is 0 Å². The van der Waals surface area contributed by atoms with Gasteiger partial charge in [0.1, 0.15) is 0 Å². The van der Waals surface area contributed by atoms with Crippen LogP contribution in [0.2, 0.25) is 0 Å². The normalized spacial score (nSPS) is 9.56. The predicted molar refractivity (Wildman–Crippen MR) is 59.8 cm³/mol. The summed E-state index contributed by atoms with van der Waals surface area (Å²) in [7, 11) is 1.31. The van der Waals surface area contributed by atoms with Gasteiger partial charge in [0.15, 0.2) is 0 Å². The predicted octanol–water partition coefficient (Wildman–Crippen LogP) is 0.562. The zero-order valence-electron chi connectivity index (χ0n) is 9.03. The Morgan fingerprint density at radius 3 is 2.50 bits per heavy atom. The second-order valence-corrected chi connectivity index (χ2v) is 3.20. The van der Waals surface area contributed by atoms with E-state index in [1.165, 1.54) is 7.11 Å². The first kappa shape index (κ1) is 12.0. The molecule has 0 aromatic heterocycles. The number of anilines is 1. The number of hydrogen-bond donors (Lipinski definition) is 2. The molecule has 0 aliphatic heterocycles. The Morgan fingerprint density at radius 2 is 1.94 bits per heavy atom. The van der Waals surface area contributed by atoms with Crippen molar-refractivity contribution >= 4 is 17.6 Å². The molecule has 1 amide bonds. The van der Waals surface area contributed by atoms with Gasteiger partial charge in [-0.3, -0.25) is 9.59 Å². The maximum Gasteiger partial charge on any atom is 0.307 e. The van der Waals surface area contributed by atoms with Gasteiger partial charge in [0, 0.05) is 17.8 Å². The van der Waals surface area contributed by atoms with Crippen LogP contribution in [0.15, 0.2) is 24.3 Å². The number of benzene rings is 1. The summed E-state index contributed by atoms with van der Waals surface area (Å²) in [6, 6.07) is 6.55. The van der Waals surface area contributed by atoms with Crippen molar-refractivity contribution in [3.63, 3.8) is 0 Å². The number of rotatable bonds is 4. The number of esters is 1. The van der Waals surface area contributed by atoms with Crippen LogP contribution in [0.25, 0.3) is 0 Å². The third kappa shape index (κ3) is 3.61. The lowest BCUT2D eigenvalue weighted by molar-refractivity contribution is -0.140. The Labute approximate surface area is 93.6 Å². The van der Waals surface area contributed by atoms with Gasteiger partial charge in [-0.1, -0.05) is 0 Å². The van der Waals surface area contributed by atoms with Crippen molar-refractivity contribution in [1.82, 2.24) is 5.32 Å². The SMILES string of the molecule is COC(=O)CCNC(=O)c1ccc(N)cc1. The van der Waals surface area contributed by atoms with Crippen LogP contribution in [0.3, 0.4) is 0 Å². The van der Waals surface area contributed by atoms with Crippen molar-refractivity contribution in [2.75, 3.05) is 19.4 Å². The van der Waals surface area contributed by atoms with E-state index in [-0.39, 0.29) is 24.8 Å². The number of hydrogen-bond acceptors (Lipinski definition) is 4. The topological polar surface area (TPSA) is 81.4 Å².